The normalized spacial score (nSPS) is 13.4. The van der Waals surface area contributed by atoms with Crippen LogP contribution in [0.5, 0.6) is 5.75 Å². The highest BCUT2D eigenvalue weighted by Gasteiger charge is 2.30. The zero-order chi connectivity index (χ0) is 25.9. The van der Waals surface area contributed by atoms with Gasteiger partial charge < -0.3 is 19.5 Å². The van der Waals surface area contributed by atoms with Crippen LogP contribution in [0.4, 0.5) is 9.18 Å². The van der Waals surface area contributed by atoms with Gasteiger partial charge in [0.1, 0.15) is 18.2 Å². The second-order valence-electron chi connectivity index (χ2n) is 9.73. The molecule has 0 aromatic heterocycles. The minimum atomic E-state index is -1.04. The van der Waals surface area contributed by atoms with Crippen LogP contribution in [0, 0.1) is 5.82 Å². The molecule has 4 rings (SSSR count). The maximum Gasteiger partial charge on any atom is 0.407 e. The summed E-state index contributed by atoms with van der Waals surface area (Å²) >= 11 is 0. The van der Waals surface area contributed by atoms with E-state index in [-0.39, 0.29) is 24.7 Å². The van der Waals surface area contributed by atoms with E-state index in [0.29, 0.717) is 5.56 Å². The number of carbonyl (C=O) groups excluding carboxylic acids is 2. The third kappa shape index (κ3) is 5.67. The summed E-state index contributed by atoms with van der Waals surface area (Å²) in [7, 11) is 1.23. The van der Waals surface area contributed by atoms with E-state index < -0.39 is 29.5 Å². The fraction of sp³-hybridized carbons (Fsp3) is 0.310. The zero-order valence-electron chi connectivity index (χ0n) is 20.8. The van der Waals surface area contributed by atoms with Gasteiger partial charge in [-0.3, -0.25) is 0 Å². The second kappa shape index (κ2) is 10.4. The molecule has 7 heteroatoms. The van der Waals surface area contributed by atoms with Crippen molar-refractivity contribution in [3.8, 4) is 16.9 Å². The molecule has 188 valence electrons. The molecule has 0 aliphatic heterocycles. The van der Waals surface area contributed by atoms with Crippen molar-refractivity contribution < 1.29 is 28.2 Å². The van der Waals surface area contributed by atoms with Gasteiger partial charge in [0.05, 0.1) is 7.11 Å². The zero-order valence-corrected chi connectivity index (χ0v) is 20.8. The van der Waals surface area contributed by atoms with Crippen LogP contribution in [-0.2, 0) is 20.7 Å². The maximum absolute atomic E-state index is 14.6. The smallest absolute Gasteiger partial charge is 0.407 e. The molecule has 0 bridgehead atoms. The van der Waals surface area contributed by atoms with Gasteiger partial charge in [-0.1, -0.05) is 54.6 Å². The molecule has 0 saturated heterocycles. The molecule has 6 nitrogen and oxygen atoms in total. The average Bonchev–Trinajstić information content (AvgIpc) is 3.16. The highest BCUT2D eigenvalue weighted by molar-refractivity contribution is 5.82. The molecule has 1 atom stereocenters. The van der Waals surface area contributed by atoms with Crippen LogP contribution in [0.25, 0.3) is 11.1 Å². The summed E-state index contributed by atoms with van der Waals surface area (Å²) < 4.78 is 30.6. The molecular weight excluding hydrogens is 461 g/mol. The van der Waals surface area contributed by atoms with Gasteiger partial charge >= 0.3 is 12.1 Å². The first-order valence-corrected chi connectivity index (χ1v) is 11.8. The van der Waals surface area contributed by atoms with Crippen molar-refractivity contribution >= 4 is 12.1 Å². The molecule has 1 N–H and O–H groups in total. The monoisotopic (exact) mass is 491 g/mol. The van der Waals surface area contributed by atoms with E-state index in [1.54, 1.807) is 6.07 Å². The average molecular weight is 492 g/mol. The Bertz CT molecular complexity index is 1220. The Balaban J connectivity index is 1.43. The molecule has 0 saturated carbocycles. The molecule has 36 heavy (non-hydrogen) atoms. The lowest BCUT2D eigenvalue weighted by molar-refractivity contribution is -0.143. The highest BCUT2D eigenvalue weighted by atomic mass is 19.1. The van der Waals surface area contributed by atoms with E-state index in [0.717, 1.165) is 22.3 Å². The minimum absolute atomic E-state index is 0.0313. The van der Waals surface area contributed by atoms with Gasteiger partial charge in [-0.15, -0.1) is 0 Å². The molecule has 1 aliphatic carbocycles. The lowest BCUT2D eigenvalue weighted by Gasteiger charge is -2.22. The lowest BCUT2D eigenvalue weighted by atomic mass is 9.98. The Morgan fingerprint density at radius 1 is 0.972 bits per heavy atom. The number of amides is 1. The van der Waals surface area contributed by atoms with Crippen LogP contribution in [0.15, 0.2) is 66.7 Å². The Morgan fingerprint density at radius 3 is 2.14 bits per heavy atom. The molecule has 1 aliphatic rings. The molecule has 0 radical (unpaired) electrons. The molecule has 3 aromatic carbocycles. The highest BCUT2D eigenvalue weighted by Crippen LogP contribution is 2.44. The number of esters is 1. The topological polar surface area (TPSA) is 73.9 Å². The molecule has 0 fully saturated rings. The molecule has 0 spiro atoms. The predicted molar refractivity (Wildman–Crippen MR) is 134 cm³/mol. The Hall–Kier alpha value is -3.87. The van der Waals surface area contributed by atoms with Gasteiger partial charge in [-0.05, 0) is 60.7 Å². The van der Waals surface area contributed by atoms with Gasteiger partial charge in [0.25, 0.3) is 0 Å². The number of ether oxygens (including phenoxy) is 3. The number of hydrogen-bond donors (Lipinski definition) is 1. The first kappa shape index (κ1) is 25.2. The number of nitrogens with one attached hydrogen (secondary N) is 1. The third-order valence-corrected chi connectivity index (χ3v) is 5.97. The fourth-order valence-corrected chi connectivity index (χ4v) is 4.44. The summed E-state index contributed by atoms with van der Waals surface area (Å²) in [5, 5.41) is 2.57. The minimum Gasteiger partial charge on any atom is -0.485 e. The van der Waals surface area contributed by atoms with E-state index in [1.807, 2.05) is 57.2 Å². The first-order chi connectivity index (χ1) is 17.2. The van der Waals surface area contributed by atoms with E-state index in [2.05, 4.69) is 17.4 Å². The molecule has 0 heterocycles. The second-order valence-corrected chi connectivity index (χ2v) is 9.73. The van der Waals surface area contributed by atoms with Crippen LogP contribution in [0.3, 0.4) is 0 Å². The molecule has 0 unspecified atom stereocenters. The number of rotatable bonds is 7. The van der Waals surface area contributed by atoms with Gasteiger partial charge in [-0.25, -0.2) is 14.0 Å². The summed E-state index contributed by atoms with van der Waals surface area (Å²) in [4.78, 5) is 25.1. The quantitative estimate of drug-likeness (QED) is 0.434. The van der Waals surface area contributed by atoms with Gasteiger partial charge in [-0.2, -0.15) is 0 Å². The molecule has 3 aromatic rings. The van der Waals surface area contributed by atoms with Crippen LogP contribution >= 0.6 is 0 Å². The number of hydrogen-bond acceptors (Lipinski definition) is 5. The summed E-state index contributed by atoms with van der Waals surface area (Å²) in [6.45, 7) is 5.59. The van der Waals surface area contributed by atoms with Crippen molar-refractivity contribution in [3.05, 3.63) is 89.2 Å². The van der Waals surface area contributed by atoms with E-state index >= 15 is 0 Å². The maximum atomic E-state index is 14.6. The Kier molecular flexibility index (Phi) is 7.29. The van der Waals surface area contributed by atoms with Crippen LogP contribution in [-0.4, -0.2) is 37.4 Å². The van der Waals surface area contributed by atoms with E-state index in [4.69, 9.17) is 14.2 Å². The van der Waals surface area contributed by atoms with Crippen molar-refractivity contribution in [2.45, 2.75) is 44.8 Å². The van der Waals surface area contributed by atoms with Crippen molar-refractivity contribution in [3.63, 3.8) is 0 Å². The van der Waals surface area contributed by atoms with E-state index in [9.17, 15) is 14.0 Å². The number of halogens is 1. The van der Waals surface area contributed by atoms with Crippen LogP contribution < -0.4 is 10.1 Å². The summed E-state index contributed by atoms with van der Waals surface area (Å²) in [5.41, 5.74) is 4.37. The largest absolute Gasteiger partial charge is 0.485 e. The first-order valence-electron chi connectivity index (χ1n) is 11.8. The fourth-order valence-electron chi connectivity index (χ4n) is 4.44. The molecule has 1 amide bonds. The number of carbonyl (C=O) groups is 2. The Labute approximate surface area is 210 Å². The lowest BCUT2D eigenvalue weighted by Crippen LogP contribution is -2.43. The standard InChI is InChI=1S/C29H30FNO5/c1-29(2,3)36-26-14-13-18(15-24(26)30)16-25(27(32)34-4)31-28(33)35-17-23-21-11-7-5-9-19(21)20-10-6-8-12-22(20)23/h5-15,23,25H,16-17H2,1-4H3,(H,31,33)/t25-/m0/s1. The van der Waals surface area contributed by atoms with Gasteiger partial charge in [0, 0.05) is 12.3 Å². The van der Waals surface area contributed by atoms with Crippen molar-refractivity contribution in [1.29, 1.82) is 0 Å². The third-order valence-electron chi connectivity index (χ3n) is 5.97. The number of alkyl carbamates (subject to hydrolysis) is 1. The van der Waals surface area contributed by atoms with Crippen molar-refractivity contribution in [2.24, 2.45) is 0 Å². The van der Waals surface area contributed by atoms with Crippen molar-refractivity contribution in [1.82, 2.24) is 5.32 Å². The van der Waals surface area contributed by atoms with Crippen molar-refractivity contribution in [2.75, 3.05) is 13.7 Å². The number of fused-ring (bicyclic) bond motifs is 3. The van der Waals surface area contributed by atoms with Gasteiger partial charge in [0.2, 0.25) is 0 Å². The number of methoxy groups -OCH3 is 1. The number of benzene rings is 3. The predicted octanol–water partition coefficient (Wildman–Crippen LogP) is 5.63. The van der Waals surface area contributed by atoms with Crippen LogP contribution in [0.1, 0.15) is 43.4 Å². The van der Waals surface area contributed by atoms with Crippen LogP contribution in [0.2, 0.25) is 0 Å². The Morgan fingerprint density at radius 2 is 1.58 bits per heavy atom. The summed E-state index contributed by atoms with van der Waals surface area (Å²) in [6, 6.07) is 19.5. The van der Waals surface area contributed by atoms with Gasteiger partial charge in [0.15, 0.2) is 11.6 Å². The summed E-state index contributed by atoms with van der Waals surface area (Å²) in [6.07, 6.45) is -0.718. The molecular formula is C29H30FNO5. The summed E-state index contributed by atoms with van der Waals surface area (Å²) in [5.74, 6) is -1.19. The SMILES string of the molecule is COC(=O)[C@H](Cc1ccc(OC(C)(C)C)c(F)c1)NC(=O)OCC1c2ccccc2-c2ccccc21. The van der Waals surface area contributed by atoms with E-state index in [1.165, 1.54) is 19.2 Å².